The van der Waals surface area contributed by atoms with Crippen molar-refractivity contribution in [2.75, 3.05) is 31.6 Å². The van der Waals surface area contributed by atoms with E-state index in [-0.39, 0.29) is 5.69 Å². The van der Waals surface area contributed by atoms with Gasteiger partial charge in [-0.1, -0.05) is 23.7 Å². The first kappa shape index (κ1) is 21.8. The molecular formula is C25H20ClFN4OS. The van der Waals surface area contributed by atoms with Crippen molar-refractivity contribution >= 4 is 45.2 Å². The van der Waals surface area contributed by atoms with Crippen LogP contribution in [-0.2, 0) is 11.3 Å². The van der Waals surface area contributed by atoms with Crippen molar-refractivity contribution in [2.45, 2.75) is 6.54 Å². The van der Waals surface area contributed by atoms with Crippen molar-refractivity contribution in [1.29, 1.82) is 5.26 Å². The maximum absolute atomic E-state index is 14.4. The van der Waals surface area contributed by atoms with Gasteiger partial charge in [-0.15, -0.1) is 11.3 Å². The summed E-state index contributed by atoms with van der Waals surface area (Å²) in [6.07, 6.45) is 1.51. The molecule has 0 aliphatic carbocycles. The highest BCUT2D eigenvalue weighted by molar-refractivity contribution is 7.10. The number of ether oxygens (including phenoxy) is 1. The molecule has 0 spiro atoms. The fourth-order valence-corrected chi connectivity index (χ4v) is 5.01. The zero-order valence-electron chi connectivity index (χ0n) is 17.6. The third-order valence-electron chi connectivity index (χ3n) is 5.65. The molecule has 166 valence electrons. The highest BCUT2D eigenvalue weighted by Crippen LogP contribution is 2.34. The fourth-order valence-electron chi connectivity index (χ4n) is 3.91. The van der Waals surface area contributed by atoms with Crippen molar-refractivity contribution in [2.24, 2.45) is 0 Å². The molecule has 0 amide bonds. The normalized spacial score (nSPS) is 14.3. The molecule has 0 unspecified atom stereocenters. The highest BCUT2D eigenvalue weighted by atomic mass is 35.5. The van der Waals surface area contributed by atoms with Crippen LogP contribution in [0.4, 0.5) is 15.8 Å². The van der Waals surface area contributed by atoms with Crippen LogP contribution >= 0.6 is 22.9 Å². The van der Waals surface area contributed by atoms with Gasteiger partial charge < -0.3 is 10.1 Å². The van der Waals surface area contributed by atoms with E-state index in [2.05, 4.69) is 32.7 Å². The predicted molar refractivity (Wildman–Crippen MR) is 131 cm³/mol. The van der Waals surface area contributed by atoms with Crippen LogP contribution in [0.2, 0.25) is 5.02 Å². The number of nitrogens with zero attached hydrogens (tertiary/aromatic N) is 3. The second kappa shape index (κ2) is 9.46. The Morgan fingerprint density at radius 2 is 2.00 bits per heavy atom. The molecule has 1 aliphatic rings. The quantitative estimate of drug-likeness (QED) is 0.370. The Morgan fingerprint density at radius 3 is 2.79 bits per heavy atom. The van der Waals surface area contributed by atoms with E-state index in [0.29, 0.717) is 16.3 Å². The van der Waals surface area contributed by atoms with Gasteiger partial charge in [0.25, 0.3) is 0 Å². The molecule has 0 bridgehead atoms. The molecule has 1 N–H and O–H groups in total. The predicted octanol–water partition coefficient (Wildman–Crippen LogP) is 6.20. The number of nitrogens with one attached hydrogen (secondary N) is 1. The van der Waals surface area contributed by atoms with Gasteiger partial charge >= 0.3 is 0 Å². The minimum atomic E-state index is -0.487. The summed E-state index contributed by atoms with van der Waals surface area (Å²) in [6, 6.07) is 14.7. The first-order chi connectivity index (χ1) is 16.1. The van der Waals surface area contributed by atoms with Gasteiger partial charge in [-0.3, -0.25) is 9.88 Å². The van der Waals surface area contributed by atoms with Crippen molar-refractivity contribution in [1.82, 2.24) is 9.88 Å². The second-order valence-electron chi connectivity index (χ2n) is 7.83. The summed E-state index contributed by atoms with van der Waals surface area (Å²) < 4.78 is 19.8. The van der Waals surface area contributed by atoms with Crippen LogP contribution in [0.15, 0.2) is 54.0 Å². The van der Waals surface area contributed by atoms with E-state index in [9.17, 15) is 9.65 Å². The van der Waals surface area contributed by atoms with E-state index in [1.165, 1.54) is 17.1 Å². The van der Waals surface area contributed by atoms with Gasteiger partial charge in [0.05, 0.1) is 35.7 Å². The van der Waals surface area contributed by atoms with Crippen LogP contribution in [0, 0.1) is 17.1 Å². The maximum atomic E-state index is 14.4. The molecule has 3 heterocycles. The van der Waals surface area contributed by atoms with E-state index in [1.54, 1.807) is 23.5 Å². The Morgan fingerprint density at radius 1 is 1.15 bits per heavy atom. The monoisotopic (exact) mass is 478 g/mol. The van der Waals surface area contributed by atoms with Crippen LogP contribution in [-0.4, -0.2) is 36.2 Å². The first-order valence-electron chi connectivity index (χ1n) is 10.5. The van der Waals surface area contributed by atoms with Crippen LogP contribution < -0.4 is 5.32 Å². The number of anilines is 2. The average Bonchev–Trinajstić information content (AvgIpc) is 3.29. The SMILES string of the molecule is N#Cc1cnc2cc(-c3csc(CN4CCOCC4)c3)ccc2c1Nc1ccc(Cl)cc1F. The number of aromatic nitrogens is 1. The number of hydrogen-bond donors (Lipinski definition) is 1. The van der Waals surface area contributed by atoms with E-state index in [0.717, 1.165) is 54.9 Å². The lowest BCUT2D eigenvalue weighted by Crippen LogP contribution is -2.35. The van der Waals surface area contributed by atoms with Crippen molar-refractivity contribution in [3.05, 3.63) is 75.3 Å². The third-order valence-corrected chi connectivity index (χ3v) is 6.81. The zero-order chi connectivity index (χ0) is 22.8. The topological polar surface area (TPSA) is 61.2 Å². The molecule has 8 heteroatoms. The molecule has 1 aliphatic heterocycles. The van der Waals surface area contributed by atoms with Gasteiger partial charge in [-0.2, -0.15) is 5.26 Å². The number of thiophene rings is 1. The second-order valence-corrected chi connectivity index (χ2v) is 9.26. The van der Waals surface area contributed by atoms with Gasteiger partial charge in [-0.25, -0.2) is 4.39 Å². The standard InChI is InChI=1S/C25H20ClFN4OS/c26-19-2-4-23(22(27)11-19)30-25-18(12-28)13-29-24-10-16(1-3-21(24)25)17-9-20(33-15-17)14-31-5-7-32-8-6-31/h1-4,9-11,13,15H,5-8,14H2,(H,29,30). The summed E-state index contributed by atoms with van der Waals surface area (Å²) in [7, 11) is 0. The molecule has 33 heavy (non-hydrogen) atoms. The smallest absolute Gasteiger partial charge is 0.148 e. The largest absolute Gasteiger partial charge is 0.379 e. The van der Waals surface area contributed by atoms with Crippen LogP contribution in [0.25, 0.3) is 22.0 Å². The summed E-state index contributed by atoms with van der Waals surface area (Å²) in [6.45, 7) is 4.41. The molecule has 2 aromatic heterocycles. The lowest BCUT2D eigenvalue weighted by molar-refractivity contribution is 0.0346. The van der Waals surface area contributed by atoms with E-state index >= 15 is 0 Å². The van der Waals surface area contributed by atoms with Crippen LogP contribution in [0.5, 0.6) is 0 Å². The van der Waals surface area contributed by atoms with Crippen molar-refractivity contribution < 1.29 is 9.13 Å². The zero-order valence-corrected chi connectivity index (χ0v) is 19.2. The lowest BCUT2D eigenvalue weighted by atomic mass is 10.0. The van der Waals surface area contributed by atoms with Gasteiger partial charge in [0.1, 0.15) is 11.9 Å². The lowest BCUT2D eigenvalue weighted by Gasteiger charge is -2.25. The van der Waals surface area contributed by atoms with Gasteiger partial charge in [0.15, 0.2) is 0 Å². The Balaban J connectivity index is 1.46. The number of fused-ring (bicyclic) bond motifs is 1. The molecular weight excluding hydrogens is 459 g/mol. The summed E-state index contributed by atoms with van der Waals surface area (Å²) in [5.41, 5.74) is 4.02. The Labute approximate surface area is 200 Å². The minimum Gasteiger partial charge on any atom is -0.379 e. The Kier molecular flexibility index (Phi) is 6.25. The number of benzene rings is 2. The summed E-state index contributed by atoms with van der Waals surface area (Å²) in [5, 5.41) is 15.9. The fraction of sp³-hybridized carbons (Fsp3) is 0.200. The Bertz CT molecular complexity index is 1360. The van der Waals surface area contributed by atoms with Crippen LogP contribution in [0.1, 0.15) is 10.4 Å². The van der Waals surface area contributed by atoms with Crippen molar-refractivity contribution in [3.63, 3.8) is 0 Å². The molecule has 2 aromatic carbocycles. The number of halogens is 2. The van der Waals surface area contributed by atoms with Gasteiger partial charge in [0, 0.05) is 41.1 Å². The van der Waals surface area contributed by atoms with E-state index in [1.807, 2.05) is 18.2 Å². The molecule has 5 nitrogen and oxygen atoms in total. The molecule has 1 saturated heterocycles. The molecule has 4 aromatic rings. The molecule has 5 rings (SSSR count). The Hall–Kier alpha value is -3.02. The van der Waals surface area contributed by atoms with Crippen LogP contribution in [0.3, 0.4) is 0 Å². The highest BCUT2D eigenvalue weighted by Gasteiger charge is 2.15. The number of pyridine rings is 1. The number of hydrogen-bond acceptors (Lipinski definition) is 6. The first-order valence-corrected chi connectivity index (χ1v) is 11.8. The molecule has 0 radical (unpaired) electrons. The molecule has 1 fully saturated rings. The van der Waals surface area contributed by atoms with E-state index < -0.39 is 5.82 Å². The minimum absolute atomic E-state index is 0.248. The molecule has 0 saturated carbocycles. The van der Waals surface area contributed by atoms with E-state index in [4.69, 9.17) is 16.3 Å². The average molecular weight is 479 g/mol. The third kappa shape index (κ3) is 4.70. The van der Waals surface area contributed by atoms with Gasteiger partial charge in [-0.05, 0) is 46.8 Å². The number of nitriles is 1. The number of morpholine rings is 1. The summed E-state index contributed by atoms with van der Waals surface area (Å²) in [4.78, 5) is 8.19. The maximum Gasteiger partial charge on any atom is 0.148 e. The van der Waals surface area contributed by atoms with Gasteiger partial charge in [0.2, 0.25) is 0 Å². The summed E-state index contributed by atoms with van der Waals surface area (Å²) >= 11 is 7.61. The number of rotatable bonds is 5. The summed E-state index contributed by atoms with van der Waals surface area (Å²) in [5.74, 6) is -0.487. The van der Waals surface area contributed by atoms with Crippen molar-refractivity contribution in [3.8, 4) is 17.2 Å². The molecule has 0 atom stereocenters.